The highest BCUT2D eigenvalue weighted by Crippen LogP contribution is 2.48. The summed E-state index contributed by atoms with van der Waals surface area (Å²) in [7, 11) is 0. The van der Waals surface area contributed by atoms with Crippen LogP contribution in [0.2, 0.25) is 0 Å². The van der Waals surface area contributed by atoms with Crippen molar-refractivity contribution < 1.29 is 9.15 Å². The molecular weight excluding hydrogens is 623 g/mol. The molecule has 0 saturated carbocycles. The van der Waals surface area contributed by atoms with E-state index in [1.807, 2.05) is 6.07 Å². The number of furan rings is 1. The van der Waals surface area contributed by atoms with E-state index in [2.05, 4.69) is 157 Å². The fourth-order valence-corrected chi connectivity index (χ4v) is 8.27. The van der Waals surface area contributed by atoms with Crippen molar-refractivity contribution in [1.29, 1.82) is 0 Å². The maximum absolute atomic E-state index is 6.45. The summed E-state index contributed by atoms with van der Waals surface area (Å²) in [6.45, 7) is 0. The molecule has 0 fully saturated rings. The SMILES string of the molecule is C1=CCCC(c2ccc(N(c3ccc(C4=CCCc5c4oc4ccccc54)cc3)c3ccc(C4=C5Oc6ccccc6C5CC=C4)cc3)cc2)=C1. The number of hydrogen-bond donors (Lipinski definition) is 0. The Bertz CT molecular complexity index is 2450. The number of nitrogens with zero attached hydrogens (tertiary/aromatic N) is 1. The number of allylic oxidation sites excluding steroid dienone is 9. The van der Waals surface area contributed by atoms with E-state index < -0.39 is 0 Å². The lowest BCUT2D eigenvalue weighted by molar-refractivity contribution is 0.429. The average molecular weight is 660 g/mol. The van der Waals surface area contributed by atoms with Crippen LogP contribution in [0.15, 0.2) is 168 Å². The molecule has 2 heterocycles. The molecule has 0 N–H and O–H groups in total. The van der Waals surface area contributed by atoms with Gasteiger partial charge in [0.25, 0.3) is 0 Å². The first-order valence-electron chi connectivity index (χ1n) is 18.1. The first-order valence-corrected chi connectivity index (χ1v) is 18.1. The van der Waals surface area contributed by atoms with E-state index in [1.54, 1.807) is 0 Å². The maximum Gasteiger partial charge on any atom is 0.138 e. The van der Waals surface area contributed by atoms with Gasteiger partial charge in [-0.25, -0.2) is 0 Å². The third-order valence-electron chi connectivity index (χ3n) is 10.8. The second-order valence-electron chi connectivity index (χ2n) is 13.8. The smallest absolute Gasteiger partial charge is 0.138 e. The molecule has 3 aliphatic carbocycles. The molecule has 4 aliphatic rings. The molecule has 246 valence electrons. The average Bonchev–Trinajstić information content (AvgIpc) is 3.78. The predicted molar refractivity (Wildman–Crippen MR) is 210 cm³/mol. The highest BCUT2D eigenvalue weighted by atomic mass is 16.5. The van der Waals surface area contributed by atoms with E-state index in [9.17, 15) is 0 Å². The van der Waals surface area contributed by atoms with Gasteiger partial charge in [-0.3, -0.25) is 0 Å². The van der Waals surface area contributed by atoms with Crippen molar-refractivity contribution in [3.8, 4) is 5.75 Å². The number of aryl methyl sites for hydroxylation is 1. The van der Waals surface area contributed by atoms with Crippen LogP contribution in [0.4, 0.5) is 17.1 Å². The van der Waals surface area contributed by atoms with E-state index in [0.717, 1.165) is 83.2 Å². The summed E-state index contributed by atoms with van der Waals surface area (Å²) in [6, 6.07) is 43.8. The van der Waals surface area contributed by atoms with Crippen molar-refractivity contribution in [2.75, 3.05) is 4.90 Å². The Kier molecular flexibility index (Phi) is 7.23. The standard InChI is InChI=1S/C48H37NO2/c1-2-10-32(11-3-1)33-20-26-36(27-21-33)49(37-28-22-34(23-29-37)39-14-8-16-43-41-12-4-6-18-45(41)50-47(39)43)38-30-24-35(25-31-38)40-15-9-17-44-42-13-5-7-19-46(42)51-48(40)44/h1-2,4-8,10,12-15,18-31,43H,3,9,11,16-17H2. The third-order valence-corrected chi connectivity index (χ3v) is 10.8. The van der Waals surface area contributed by atoms with Gasteiger partial charge in [-0.05, 0) is 103 Å². The van der Waals surface area contributed by atoms with Gasteiger partial charge in [-0.15, -0.1) is 0 Å². The number of ether oxygens (including phenoxy) is 1. The Balaban J connectivity index is 1.01. The van der Waals surface area contributed by atoms with Gasteiger partial charge in [0.1, 0.15) is 22.9 Å². The second kappa shape index (κ2) is 12.4. The molecule has 1 unspecified atom stereocenters. The van der Waals surface area contributed by atoms with Crippen molar-refractivity contribution in [2.24, 2.45) is 0 Å². The summed E-state index contributed by atoms with van der Waals surface area (Å²) < 4.78 is 12.9. The number of anilines is 3. The monoisotopic (exact) mass is 659 g/mol. The van der Waals surface area contributed by atoms with Gasteiger partial charge in [0, 0.05) is 50.6 Å². The molecule has 3 heteroatoms. The van der Waals surface area contributed by atoms with Crippen LogP contribution >= 0.6 is 0 Å². The lowest BCUT2D eigenvalue weighted by Gasteiger charge is -2.27. The van der Waals surface area contributed by atoms with Gasteiger partial charge >= 0.3 is 0 Å². The van der Waals surface area contributed by atoms with Crippen LogP contribution in [0.5, 0.6) is 5.75 Å². The number of para-hydroxylation sites is 2. The molecule has 51 heavy (non-hydrogen) atoms. The van der Waals surface area contributed by atoms with Crippen LogP contribution in [0, 0.1) is 0 Å². The molecule has 0 bridgehead atoms. The Morgan fingerprint density at radius 3 is 2.10 bits per heavy atom. The normalized spacial score (nSPS) is 17.4. The summed E-state index contributed by atoms with van der Waals surface area (Å²) in [5.74, 6) is 3.33. The number of hydrogen-bond acceptors (Lipinski definition) is 3. The zero-order valence-corrected chi connectivity index (χ0v) is 28.4. The van der Waals surface area contributed by atoms with E-state index in [0.29, 0.717) is 0 Å². The number of fused-ring (bicyclic) bond motifs is 6. The minimum absolute atomic E-state index is 0.277. The highest BCUT2D eigenvalue weighted by molar-refractivity contribution is 5.92. The quantitative estimate of drug-likeness (QED) is 0.178. The highest BCUT2D eigenvalue weighted by Gasteiger charge is 2.33. The van der Waals surface area contributed by atoms with Gasteiger partial charge in [0.15, 0.2) is 0 Å². The van der Waals surface area contributed by atoms with E-state index in [4.69, 9.17) is 9.15 Å². The Morgan fingerprint density at radius 2 is 1.33 bits per heavy atom. The minimum Gasteiger partial charge on any atom is -0.460 e. The molecule has 0 amide bonds. The van der Waals surface area contributed by atoms with Crippen molar-refractivity contribution in [3.63, 3.8) is 0 Å². The first-order chi connectivity index (χ1) is 25.3. The molecule has 0 saturated heterocycles. The number of rotatable bonds is 6. The van der Waals surface area contributed by atoms with Gasteiger partial charge in [-0.2, -0.15) is 0 Å². The zero-order valence-electron chi connectivity index (χ0n) is 28.4. The number of benzene rings is 5. The lowest BCUT2D eigenvalue weighted by Crippen LogP contribution is -2.10. The van der Waals surface area contributed by atoms with Crippen molar-refractivity contribution in [2.45, 2.75) is 38.0 Å². The predicted octanol–water partition coefficient (Wildman–Crippen LogP) is 12.9. The van der Waals surface area contributed by atoms with Crippen LogP contribution in [-0.2, 0) is 6.42 Å². The minimum atomic E-state index is 0.277. The van der Waals surface area contributed by atoms with Crippen LogP contribution < -0.4 is 9.64 Å². The Morgan fingerprint density at radius 1 is 0.627 bits per heavy atom. The van der Waals surface area contributed by atoms with Gasteiger partial charge in [0.2, 0.25) is 0 Å². The molecule has 0 spiro atoms. The second-order valence-corrected chi connectivity index (χ2v) is 13.8. The van der Waals surface area contributed by atoms with Gasteiger partial charge in [0.05, 0.1) is 0 Å². The van der Waals surface area contributed by atoms with Crippen LogP contribution in [-0.4, -0.2) is 0 Å². The van der Waals surface area contributed by atoms with Crippen LogP contribution in [0.25, 0.3) is 27.7 Å². The molecule has 5 aromatic carbocycles. The summed E-state index contributed by atoms with van der Waals surface area (Å²) in [6.07, 6.45) is 18.7. The summed E-state index contributed by atoms with van der Waals surface area (Å²) in [5.41, 5.74) is 14.2. The van der Waals surface area contributed by atoms with Crippen molar-refractivity contribution >= 4 is 44.8 Å². The molecule has 10 rings (SSSR count). The first kappa shape index (κ1) is 29.8. The van der Waals surface area contributed by atoms with Crippen LogP contribution in [0.3, 0.4) is 0 Å². The fraction of sp³-hybridized carbons (Fsp3) is 0.125. The zero-order chi connectivity index (χ0) is 33.7. The summed E-state index contributed by atoms with van der Waals surface area (Å²) in [4.78, 5) is 2.35. The summed E-state index contributed by atoms with van der Waals surface area (Å²) in [5, 5.41) is 1.23. The molecule has 0 radical (unpaired) electrons. The van der Waals surface area contributed by atoms with Gasteiger partial charge in [-0.1, -0.05) is 109 Å². The third kappa shape index (κ3) is 5.20. The Hall–Kier alpha value is -6.06. The Labute approximate surface area is 298 Å². The molecule has 1 aromatic heterocycles. The fourth-order valence-electron chi connectivity index (χ4n) is 8.27. The van der Waals surface area contributed by atoms with E-state index >= 15 is 0 Å². The van der Waals surface area contributed by atoms with E-state index in [-0.39, 0.29) is 5.92 Å². The maximum atomic E-state index is 6.45. The molecule has 1 aliphatic heterocycles. The van der Waals surface area contributed by atoms with Crippen molar-refractivity contribution in [1.82, 2.24) is 0 Å². The summed E-state index contributed by atoms with van der Waals surface area (Å²) >= 11 is 0. The molecule has 6 aromatic rings. The topological polar surface area (TPSA) is 25.6 Å². The lowest BCUT2D eigenvalue weighted by atomic mass is 9.87. The van der Waals surface area contributed by atoms with E-state index in [1.165, 1.54) is 38.8 Å². The molecule has 1 atom stereocenters. The molecule has 3 nitrogen and oxygen atoms in total. The van der Waals surface area contributed by atoms with Gasteiger partial charge < -0.3 is 14.1 Å². The van der Waals surface area contributed by atoms with Crippen LogP contribution in [0.1, 0.15) is 65.2 Å². The van der Waals surface area contributed by atoms with Crippen molar-refractivity contribution in [3.05, 3.63) is 197 Å². The molecular formula is C48H37NO2. The largest absolute Gasteiger partial charge is 0.460 e.